The second-order valence-electron chi connectivity index (χ2n) is 5.19. The summed E-state index contributed by atoms with van der Waals surface area (Å²) in [5, 5.41) is 8.14. The van der Waals surface area contributed by atoms with E-state index in [1.54, 1.807) is 6.07 Å². The number of hydrogen-bond donors (Lipinski definition) is 2. The smallest absolute Gasteiger partial charge is 0.257 e. The molecule has 0 aliphatic heterocycles. The highest BCUT2D eigenvalue weighted by Gasteiger charge is 2.17. The molecule has 0 spiro atoms. The molecule has 3 rings (SSSR count). The number of nitrogens with zero attached hydrogens (tertiary/aromatic N) is 1. The number of amides is 1. The van der Waals surface area contributed by atoms with E-state index in [1.165, 1.54) is 25.3 Å². The second kappa shape index (κ2) is 7.36. The van der Waals surface area contributed by atoms with Crippen molar-refractivity contribution in [1.82, 2.24) is 4.98 Å². The van der Waals surface area contributed by atoms with Gasteiger partial charge in [0.15, 0.2) is 5.58 Å². The molecular formula is C16H15N3O5S2. The molecule has 0 unspecified atom stereocenters. The summed E-state index contributed by atoms with van der Waals surface area (Å²) in [5.74, 6) is -0.196. The van der Waals surface area contributed by atoms with E-state index in [-0.39, 0.29) is 28.0 Å². The number of aromatic nitrogens is 1. The number of carbonyl (C=O) groups excluding carboxylic acids is 1. The van der Waals surface area contributed by atoms with Crippen molar-refractivity contribution in [2.75, 3.05) is 18.2 Å². The Bertz CT molecular complexity index is 1030. The maximum Gasteiger partial charge on any atom is 0.257 e. The number of benzene rings is 2. The van der Waals surface area contributed by atoms with Crippen LogP contribution >= 0.6 is 11.8 Å². The van der Waals surface area contributed by atoms with Crippen LogP contribution in [0.25, 0.3) is 11.1 Å². The highest BCUT2D eigenvalue weighted by Crippen LogP contribution is 2.27. The van der Waals surface area contributed by atoms with E-state index in [9.17, 15) is 13.2 Å². The molecule has 3 N–H and O–H groups in total. The van der Waals surface area contributed by atoms with Crippen molar-refractivity contribution in [2.45, 2.75) is 10.1 Å². The molecule has 8 nitrogen and oxygen atoms in total. The Hall–Kier alpha value is -2.56. The van der Waals surface area contributed by atoms with Crippen molar-refractivity contribution in [3.63, 3.8) is 0 Å². The number of anilines is 1. The van der Waals surface area contributed by atoms with Gasteiger partial charge in [0.05, 0.1) is 12.9 Å². The summed E-state index contributed by atoms with van der Waals surface area (Å²) >= 11 is 1.13. The Kier molecular flexibility index (Phi) is 5.16. The maximum absolute atomic E-state index is 12.1. The average Bonchev–Trinajstić information content (AvgIpc) is 3.02. The number of methoxy groups -OCH3 is 1. The van der Waals surface area contributed by atoms with E-state index < -0.39 is 10.0 Å². The molecule has 2 aromatic carbocycles. The van der Waals surface area contributed by atoms with Crippen molar-refractivity contribution < 1.29 is 22.4 Å². The number of primary sulfonamides is 1. The summed E-state index contributed by atoms with van der Waals surface area (Å²) in [6.45, 7) is 0. The lowest BCUT2D eigenvalue weighted by Crippen LogP contribution is -2.16. The summed E-state index contributed by atoms with van der Waals surface area (Å²) in [5.41, 5.74) is 1.64. The Balaban J connectivity index is 1.68. The van der Waals surface area contributed by atoms with E-state index in [0.29, 0.717) is 16.3 Å². The number of carbonyl (C=O) groups is 1. The number of rotatable bonds is 6. The number of nitrogens with two attached hydrogens (primary N) is 1. The lowest BCUT2D eigenvalue weighted by molar-refractivity contribution is -0.113. The number of ether oxygens (including phenoxy) is 1. The number of para-hydroxylation sites is 2. The molecule has 1 amide bonds. The van der Waals surface area contributed by atoms with Gasteiger partial charge in [0.1, 0.15) is 16.2 Å². The second-order valence-corrected chi connectivity index (χ2v) is 7.65. The Morgan fingerprint density at radius 1 is 1.31 bits per heavy atom. The normalized spacial score (nSPS) is 11.5. The SMILES string of the molecule is COc1ccc(NC(=O)CSc2nc3ccccc3o2)cc1S(N)(=O)=O. The van der Waals surface area contributed by atoms with Gasteiger partial charge >= 0.3 is 0 Å². The van der Waals surface area contributed by atoms with Gasteiger partial charge in [-0.15, -0.1) is 0 Å². The number of nitrogens with one attached hydrogen (secondary N) is 1. The van der Waals surface area contributed by atoms with Crippen LogP contribution < -0.4 is 15.2 Å². The van der Waals surface area contributed by atoms with Crippen molar-refractivity contribution in [1.29, 1.82) is 0 Å². The van der Waals surface area contributed by atoms with E-state index in [2.05, 4.69) is 10.3 Å². The van der Waals surface area contributed by atoms with Gasteiger partial charge in [0, 0.05) is 5.69 Å². The summed E-state index contributed by atoms with van der Waals surface area (Å²) in [6, 6.07) is 11.5. The zero-order valence-electron chi connectivity index (χ0n) is 13.6. The first kappa shape index (κ1) is 18.2. The third-order valence-electron chi connectivity index (χ3n) is 3.35. The molecule has 1 aromatic heterocycles. The van der Waals surface area contributed by atoms with Crippen molar-refractivity contribution in [3.05, 3.63) is 42.5 Å². The lowest BCUT2D eigenvalue weighted by Gasteiger charge is -2.10. The molecule has 0 aliphatic carbocycles. The zero-order valence-corrected chi connectivity index (χ0v) is 15.3. The summed E-state index contributed by atoms with van der Waals surface area (Å²) < 4.78 is 33.7. The highest BCUT2D eigenvalue weighted by atomic mass is 32.2. The molecule has 3 aromatic rings. The van der Waals surface area contributed by atoms with Crippen LogP contribution in [0.4, 0.5) is 5.69 Å². The van der Waals surface area contributed by atoms with Gasteiger partial charge in [0.2, 0.25) is 15.9 Å². The number of hydrogen-bond acceptors (Lipinski definition) is 7. The van der Waals surface area contributed by atoms with Crippen LogP contribution in [0, 0.1) is 0 Å². The zero-order chi connectivity index (χ0) is 18.7. The van der Waals surface area contributed by atoms with E-state index in [0.717, 1.165) is 11.8 Å². The third-order valence-corrected chi connectivity index (χ3v) is 5.12. The number of oxazole rings is 1. The van der Waals surface area contributed by atoms with Crippen LogP contribution in [-0.2, 0) is 14.8 Å². The van der Waals surface area contributed by atoms with Crippen molar-refractivity contribution in [2.24, 2.45) is 5.14 Å². The summed E-state index contributed by atoms with van der Waals surface area (Å²) in [6.07, 6.45) is 0. The predicted molar refractivity (Wildman–Crippen MR) is 97.7 cm³/mol. The predicted octanol–water partition coefficient (Wildman–Crippen LogP) is 2.21. The molecule has 136 valence electrons. The van der Waals surface area contributed by atoms with Crippen LogP contribution in [-0.4, -0.2) is 32.2 Å². The minimum Gasteiger partial charge on any atom is -0.495 e. The third kappa shape index (κ3) is 4.15. The summed E-state index contributed by atoms with van der Waals surface area (Å²) in [7, 11) is -2.65. The first-order chi connectivity index (χ1) is 12.4. The molecule has 10 heteroatoms. The molecule has 0 radical (unpaired) electrons. The largest absolute Gasteiger partial charge is 0.495 e. The van der Waals surface area contributed by atoms with Gasteiger partial charge < -0.3 is 14.5 Å². The molecule has 0 saturated carbocycles. The molecule has 0 bridgehead atoms. The minimum absolute atomic E-state index is 0.0452. The fourth-order valence-corrected chi connectivity index (χ4v) is 3.58. The highest BCUT2D eigenvalue weighted by molar-refractivity contribution is 7.99. The number of fused-ring (bicyclic) bond motifs is 1. The maximum atomic E-state index is 12.1. The van der Waals surface area contributed by atoms with Crippen LogP contribution in [0.3, 0.4) is 0 Å². The van der Waals surface area contributed by atoms with Crippen molar-refractivity contribution in [3.8, 4) is 5.75 Å². The van der Waals surface area contributed by atoms with Gasteiger partial charge in [0.25, 0.3) is 5.22 Å². The van der Waals surface area contributed by atoms with Gasteiger partial charge in [-0.3, -0.25) is 4.79 Å². The molecule has 1 heterocycles. The Morgan fingerprint density at radius 3 is 2.77 bits per heavy atom. The number of thioether (sulfide) groups is 1. The van der Waals surface area contributed by atoms with Crippen molar-refractivity contribution >= 4 is 44.5 Å². The van der Waals surface area contributed by atoms with Crippen LogP contribution in [0.5, 0.6) is 5.75 Å². The quantitative estimate of drug-likeness (QED) is 0.615. The Labute approximate surface area is 153 Å². The van der Waals surface area contributed by atoms with E-state index in [1.807, 2.05) is 18.2 Å². The first-order valence-corrected chi connectivity index (χ1v) is 9.89. The number of sulfonamides is 1. The fourth-order valence-electron chi connectivity index (χ4n) is 2.21. The van der Waals surface area contributed by atoms with Gasteiger partial charge in [-0.05, 0) is 30.3 Å². The molecule has 26 heavy (non-hydrogen) atoms. The molecule has 0 saturated heterocycles. The first-order valence-electron chi connectivity index (χ1n) is 7.36. The Morgan fingerprint density at radius 2 is 2.08 bits per heavy atom. The molecule has 0 aliphatic rings. The van der Waals surface area contributed by atoms with Crippen LogP contribution in [0.15, 0.2) is 57.0 Å². The monoisotopic (exact) mass is 393 g/mol. The minimum atomic E-state index is -3.98. The van der Waals surface area contributed by atoms with Crippen LogP contribution in [0.1, 0.15) is 0 Å². The van der Waals surface area contributed by atoms with E-state index >= 15 is 0 Å². The molecule has 0 atom stereocenters. The van der Waals surface area contributed by atoms with Gasteiger partial charge in [-0.25, -0.2) is 18.5 Å². The molecular weight excluding hydrogens is 378 g/mol. The average molecular weight is 393 g/mol. The topological polar surface area (TPSA) is 125 Å². The van der Waals surface area contributed by atoms with Crippen LogP contribution in [0.2, 0.25) is 0 Å². The summed E-state index contributed by atoms with van der Waals surface area (Å²) in [4.78, 5) is 16.2. The lowest BCUT2D eigenvalue weighted by atomic mass is 10.3. The standard InChI is InChI=1S/C16H15N3O5S2/c1-23-13-7-6-10(8-14(13)26(17,21)22)18-15(20)9-25-16-19-11-4-2-3-5-12(11)24-16/h2-8H,9H2,1H3,(H,18,20)(H2,17,21,22). The molecule has 0 fully saturated rings. The van der Waals surface area contributed by atoms with E-state index in [4.69, 9.17) is 14.3 Å². The fraction of sp³-hybridized carbons (Fsp3) is 0.125. The van der Waals surface area contributed by atoms with Gasteiger partial charge in [-0.1, -0.05) is 23.9 Å². The van der Waals surface area contributed by atoms with Gasteiger partial charge in [-0.2, -0.15) is 0 Å².